The van der Waals surface area contributed by atoms with E-state index in [2.05, 4.69) is 5.32 Å². The molecule has 0 unspecified atom stereocenters. The molecule has 2 rings (SSSR count). The Kier molecular flexibility index (Phi) is 5.06. The quantitative estimate of drug-likeness (QED) is 0.860. The highest BCUT2D eigenvalue weighted by Gasteiger charge is 2.42. The zero-order valence-corrected chi connectivity index (χ0v) is 12.9. The Bertz CT molecular complexity index is 357. The molecule has 20 heavy (non-hydrogen) atoms. The van der Waals surface area contributed by atoms with Gasteiger partial charge in [0.05, 0.1) is 0 Å². The molecule has 1 heterocycles. The molecule has 0 bridgehead atoms. The topological polar surface area (TPSA) is 49.4 Å². The van der Waals surface area contributed by atoms with Gasteiger partial charge in [0.1, 0.15) is 5.54 Å². The van der Waals surface area contributed by atoms with E-state index < -0.39 is 5.54 Å². The predicted molar refractivity (Wildman–Crippen MR) is 79.2 cm³/mol. The lowest BCUT2D eigenvalue weighted by Gasteiger charge is -2.36. The van der Waals surface area contributed by atoms with Crippen LogP contribution in [-0.2, 0) is 9.59 Å². The van der Waals surface area contributed by atoms with Crippen LogP contribution in [0.3, 0.4) is 0 Å². The van der Waals surface area contributed by atoms with Crippen LogP contribution in [-0.4, -0.2) is 35.3 Å². The summed E-state index contributed by atoms with van der Waals surface area (Å²) in [5.41, 5.74) is -0.664. The standard InChI is InChI=1S/C16H28N2O2/c1-3-16(4-2)15(20)18(11-10-14(19)17-16)12-13-8-6-5-7-9-13/h13H,3-12H2,1-2H3,(H,17,19). The minimum absolute atomic E-state index is 0.0215. The van der Waals surface area contributed by atoms with E-state index in [-0.39, 0.29) is 11.8 Å². The lowest BCUT2D eigenvalue weighted by atomic mass is 9.87. The molecule has 4 nitrogen and oxygen atoms in total. The fraction of sp³-hybridized carbons (Fsp3) is 0.875. The molecule has 0 atom stereocenters. The minimum Gasteiger partial charge on any atom is -0.342 e. The molecule has 1 saturated heterocycles. The van der Waals surface area contributed by atoms with E-state index in [1.165, 1.54) is 32.1 Å². The Morgan fingerprint density at radius 2 is 1.80 bits per heavy atom. The number of hydrogen-bond acceptors (Lipinski definition) is 2. The Labute approximate surface area is 122 Å². The van der Waals surface area contributed by atoms with Crippen molar-refractivity contribution < 1.29 is 9.59 Å². The van der Waals surface area contributed by atoms with Crippen molar-refractivity contribution >= 4 is 11.8 Å². The fourth-order valence-electron chi connectivity index (χ4n) is 3.61. The van der Waals surface area contributed by atoms with Gasteiger partial charge >= 0.3 is 0 Å². The maximum Gasteiger partial charge on any atom is 0.248 e. The second-order valence-corrected chi connectivity index (χ2v) is 6.34. The number of nitrogens with zero attached hydrogens (tertiary/aromatic N) is 1. The molecule has 1 aliphatic heterocycles. The third-order valence-electron chi connectivity index (χ3n) is 5.09. The van der Waals surface area contributed by atoms with Crippen molar-refractivity contribution in [1.82, 2.24) is 10.2 Å². The van der Waals surface area contributed by atoms with Gasteiger partial charge in [-0.1, -0.05) is 33.1 Å². The Hall–Kier alpha value is -1.06. The SMILES string of the molecule is CCC1(CC)NC(=O)CCN(CC2CCCCC2)C1=O. The van der Waals surface area contributed by atoms with Crippen LogP contribution < -0.4 is 5.32 Å². The van der Waals surface area contributed by atoms with Crippen LogP contribution in [0.25, 0.3) is 0 Å². The number of amides is 2. The van der Waals surface area contributed by atoms with Gasteiger partial charge in [-0.05, 0) is 31.6 Å². The highest BCUT2D eigenvalue weighted by atomic mass is 16.2. The molecule has 0 spiro atoms. The van der Waals surface area contributed by atoms with E-state index in [1.807, 2.05) is 18.7 Å². The van der Waals surface area contributed by atoms with Crippen LogP contribution in [0.4, 0.5) is 0 Å². The second kappa shape index (κ2) is 6.59. The largest absolute Gasteiger partial charge is 0.342 e. The van der Waals surface area contributed by atoms with Crippen molar-refractivity contribution in [2.75, 3.05) is 13.1 Å². The molecule has 1 N–H and O–H groups in total. The van der Waals surface area contributed by atoms with Crippen LogP contribution in [0.15, 0.2) is 0 Å². The summed E-state index contributed by atoms with van der Waals surface area (Å²) in [6, 6.07) is 0. The van der Waals surface area contributed by atoms with Crippen LogP contribution >= 0.6 is 0 Å². The van der Waals surface area contributed by atoms with Gasteiger partial charge < -0.3 is 10.2 Å². The van der Waals surface area contributed by atoms with E-state index in [9.17, 15) is 9.59 Å². The highest BCUT2D eigenvalue weighted by molar-refractivity contribution is 5.93. The van der Waals surface area contributed by atoms with Gasteiger partial charge in [0, 0.05) is 19.5 Å². The Morgan fingerprint density at radius 3 is 2.40 bits per heavy atom. The molecule has 4 heteroatoms. The maximum absolute atomic E-state index is 12.9. The van der Waals surface area contributed by atoms with Gasteiger partial charge in [0.25, 0.3) is 0 Å². The fourth-order valence-corrected chi connectivity index (χ4v) is 3.61. The maximum atomic E-state index is 12.9. The van der Waals surface area contributed by atoms with Gasteiger partial charge in [-0.2, -0.15) is 0 Å². The zero-order valence-electron chi connectivity index (χ0n) is 12.9. The van der Waals surface area contributed by atoms with Crippen molar-refractivity contribution in [2.45, 2.75) is 70.8 Å². The predicted octanol–water partition coefficient (Wildman–Crippen LogP) is 2.47. The van der Waals surface area contributed by atoms with Gasteiger partial charge in [-0.3, -0.25) is 9.59 Å². The number of hydrogen-bond donors (Lipinski definition) is 1. The Morgan fingerprint density at radius 1 is 1.15 bits per heavy atom. The van der Waals surface area contributed by atoms with Crippen molar-refractivity contribution in [3.63, 3.8) is 0 Å². The van der Waals surface area contributed by atoms with Gasteiger partial charge in [0.2, 0.25) is 11.8 Å². The van der Waals surface area contributed by atoms with Gasteiger partial charge in [0.15, 0.2) is 0 Å². The molecule has 0 aromatic heterocycles. The second-order valence-electron chi connectivity index (χ2n) is 6.34. The number of carbonyl (C=O) groups excluding carboxylic acids is 2. The first-order valence-corrected chi connectivity index (χ1v) is 8.21. The van der Waals surface area contributed by atoms with Crippen LogP contribution in [0, 0.1) is 5.92 Å². The molecule has 0 radical (unpaired) electrons. The summed E-state index contributed by atoms with van der Waals surface area (Å²) in [6.07, 6.45) is 8.17. The van der Waals surface area contributed by atoms with Crippen molar-refractivity contribution in [2.24, 2.45) is 5.92 Å². The van der Waals surface area contributed by atoms with Gasteiger partial charge in [-0.25, -0.2) is 0 Å². The molecule has 0 aromatic carbocycles. The molecule has 2 amide bonds. The van der Waals surface area contributed by atoms with Crippen molar-refractivity contribution in [1.29, 1.82) is 0 Å². The summed E-state index contributed by atoms with van der Waals surface area (Å²) < 4.78 is 0. The first-order chi connectivity index (χ1) is 9.61. The molecular formula is C16H28N2O2. The summed E-state index contributed by atoms with van der Waals surface area (Å²) in [4.78, 5) is 26.7. The van der Waals surface area contributed by atoms with Crippen LogP contribution in [0.1, 0.15) is 65.2 Å². The minimum atomic E-state index is -0.664. The third kappa shape index (κ3) is 3.15. The first kappa shape index (κ1) is 15.3. The zero-order chi connectivity index (χ0) is 14.6. The summed E-state index contributed by atoms with van der Waals surface area (Å²) in [7, 11) is 0. The number of carbonyl (C=O) groups is 2. The van der Waals surface area contributed by atoms with E-state index in [0.717, 1.165) is 6.54 Å². The van der Waals surface area contributed by atoms with E-state index in [1.54, 1.807) is 0 Å². The lowest BCUT2D eigenvalue weighted by molar-refractivity contribution is -0.139. The smallest absolute Gasteiger partial charge is 0.248 e. The highest BCUT2D eigenvalue weighted by Crippen LogP contribution is 2.27. The summed E-state index contributed by atoms with van der Waals surface area (Å²) in [6.45, 7) is 5.41. The molecule has 114 valence electrons. The van der Waals surface area contributed by atoms with E-state index in [4.69, 9.17) is 0 Å². The van der Waals surface area contributed by atoms with E-state index >= 15 is 0 Å². The molecule has 2 aliphatic rings. The lowest BCUT2D eigenvalue weighted by Crippen LogP contribution is -2.57. The van der Waals surface area contributed by atoms with Crippen molar-refractivity contribution in [3.05, 3.63) is 0 Å². The summed E-state index contributed by atoms with van der Waals surface area (Å²) in [5, 5.41) is 2.98. The molecule has 0 aromatic rings. The third-order valence-corrected chi connectivity index (χ3v) is 5.09. The number of nitrogens with one attached hydrogen (secondary N) is 1. The van der Waals surface area contributed by atoms with Gasteiger partial charge in [-0.15, -0.1) is 0 Å². The molecule has 1 saturated carbocycles. The average Bonchev–Trinajstić information content (AvgIpc) is 2.60. The molecule has 1 aliphatic carbocycles. The van der Waals surface area contributed by atoms with Crippen LogP contribution in [0.5, 0.6) is 0 Å². The van der Waals surface area contributed by atoms with Crippen LogP contribution in [0.2, 0.25) is 0 Å². The summed E-state index contributed by atoms with van der Waals surface area (Å²) >= 11 is 0. The average molecular weight is 280 g/mol. The summed E-state index contributed by atoms with van der Waals surface area (Å²) in [5.74, 6) is 0.791. The molecule has 2 fully saturated rings. The Balaban J connectivity index is 2.10. The normalized spacial score (nSPS) is 24.4. The van der Waals surface area contributed by atoms with Crippen molar-refractivity contribution in [3.8, 4) is 0 Å². The molecular weight excluding hydrogens is 252 g/mol. The van der Waals surface area contributed by atoms with E-state index in [0.29, 0.717) is 31.7 Å². The number of rotatable bonds is 4. The first-order valence-electron chi connectivity index (χ1n) is 8.21. The monoisotopic (exact) mass is 280 g/mol.